The number of nitrogens with one attached hydrogen (secondary N) is 2. The summed E-state index contributed by atoms with van der Waals surface area (Å²) >= 11 is 0. The van der Waals surface area contributed by atoms with Crippen LogP contribution in [0.4, 0.5) is 11.4 Å². The molecule has 1 aliphatic rings. The first-order valence-corrected chi connectivity index (χ1v) is 9.54. The lowest BCUT2D eigenvalue weighted by molar-refractivity contribution is -0.114. The number of nitrogens with zero attached hydrogens (tertiary/aromatic N) is 1. The molecular weight excluding hydrogens is 354 g/mol. The van der Waals surface area contributed by atoms with Gasteiger partial charge in [0.15, 0.2) is 0 Å². The fourth-order valence-corrected chi connectivity index (χ4v) is 3.37. The third-order valence-corrected chi connectivity index (χ3v) is 5.05. The average Bonchev–Trinajstić information content (AvgIpc) is 2.70. The predicted octanol–water partition coefficient (Wildman–Crippen LogP) is 3.13. The summed E-state index contributed by atoms with van der Waals surface area (Å²) in [6.45, 7) is 8.33. The largest absolute Gasteiger partial charge is 0.378 e. The Morgan fingerprint density at radius 3 is 2.32 bits per heavy atom. The van der Waals surface area contributed by atoms with Crippen molar-refractivity contribution < 1.29 is 14.3 Å². The zero-order chi connectivity index (χ0) is 20.1. The third-order valence-electron chi connectivity index (χ3n) is 5.05. The van der Waals surface area contributed by atoms with Crippen molar-refractivity contribution >= 4 is 23.2 Å². The Morgan fingerprint density at radius 1 is 1.00 bits per heavy atom. The van der Waals surface area contributed by atoms with Gasteiger partial charge in [0.05, 0.1) is 19.8 Å². The van der Waals surface area contributed by atoms with E-state index in [1.807, 2.05) is 62.1 Å². The minimum absolute atomic E-state index is 0.00411. The fourth-order valence-electron chi connectivity index (χ4n) is 3.37. The van der Waals surface area contributed by atoms with Crippen molar-refractivity contribution in [1.29, 1.82) is 0 Å². The number of hydrogen-bond donors (Lipinski definition) is 2. The van der Waals surface area contributed by atoms with Gasteiger partial charge in [0.25, 0.3) is 5.91 Å². The van der Waals surface area contributed by atoms with E-state index < -0.39 is 0 Å². The molecule has 2 aromatic rings. The van der Waals surface area contributed by atoms with Gasteiger partial charge < -0.3 is 20.3 Å². The van der Waals surface area contributed by atoms with Crippen LogP contribution >= 0.6 is 0 Å². The highest BCUT2D eigenvalue weighted by Crippen LogP contribution is 2.22. The van der Waals surface area contributed by atoms with Gasteiger partial charge in [0.2, 0.25) is 5.91 Å². The second kappa shape index (κ2) is 8.89. The van der Waals surface area contributed by atoms with Crippen LogP contribution < -0.4 is 10.6 Å². The summed E-state index contributed by atoms with van der Waals surface area (Å²) in [4.78, 5) is 27.0. The van der Waals surface area contributed by atoms with Crippen LogP contribution in [0, 0.1) is 20.8 Å². The lowest BCUT2D eigenvalue weighted by atomic mass is 10.0. The minimum atomic E-state index is -0.123. The van der Waals surface area contributed by atoms with Gasteiger partial charge in [-0.2, -0.15) is 0 Å². The van der Waals surface area contributed by atoms with E-state index in [9.17, 15) is 9.59 Å². The van der Waals surface area contributed by atoms with E-state index in [0.29, 0.717) is 31.9 Å². The van der Waals surface area contributed by atoms with Crippen LogP contribution in [0.15, 0.2) is 36.4 Å². The highest BCUT2D eigenvalue weighted by molar-refractivity contribution is 5.98. The van der Waals surface area contributed by atoms with E-state index in [0.717, 1.165) is 28.1 Å². The Bertz CT molecular complexity index is 853. The highest BCUT2D eigenvalue weighted by Gasteiger charge is 2.21. The average molecular weight is 381 g/mol. The van der Waals surface area contributed by atoms with Crippen molar-refractivity contribution in [3.8, 4) is 0 Å². The molecule has 0 saturated carbocycles. The Kier molecular flexibility index (Phi) is 6.31. The predicted molar refractivity (Wildman–Crippen MR) is 111 cm³/mol. The fraction of sp³-hybridized carbons (Fsp3) is 0.364. The lowest BCUT2D eigenvalue weighted by Gasteiger charge is -2.27. The topological polar surface area (TPSA) is 70.7 Å². The zero-order valence-electron chi connectivity index (χ0n) is 16.7. The Hall–Kier alpha value is -2.86. The van der Waals surface area contributed by atoms with Gasteiger partial charge in [-0.3, -0.25) is 9.59 Å². The first-order chi connectivity index (χ1) is 13.5. The maximum atomic E-state index is 12.8. The van der Waals surface area contributed by atoms with Crippen molar-refractivity contribution in [2.75, 3.05) is 43.5 Å². The van der Waals surface area contributed by atoms with Gasteiger partial charge in [-0.25, -0.2) is 0 Å². The minimum Gasteiger partial charge on any atom is -0.378 e. The number of carbonyl (C=O) groups excluding carboxylic acids is 2. The molecule has 28 heavy (non-hydrogen) atoms. The molecule has 0 aromatic heterocycles. The molecule has 0 spiro atoms. The molecule has 1 saturated heterocycles. The normalized spacial score (nSPS) is 13.9. The number of ether oxygens (including phenoxy) is 1. The number of aryl methyl sites for hydroxylation is 2. The molecule has 0 bridgehead atoms. The molecular formula is C22H27N3O3. The molecule has 0 radical (unpaired) electrons. The number of carbonyl (C=O) groups is 2. The van der Waals surface area contributed by atoms with Gasteiger partial charge in [-0.05, 0) is 49.6 Å². The van der Waals surface area contributed by atoms with Crippen LogP contribution in [-0.2, 0) is 9.53 Å². The summed E-state index contributed by atoms with van der Waals surface area (Å²) in [5, 5.41) is 6.13. The standard InChI is InChI=1S/C22H27N3O3/c1-15-6-4-7-16(2)21(15)24-20(26)14-23-19-9-5-8-18(17(19)3)22(27)25-10-12-28-13-11-25/h4-9,23H,10-14H2,1-3H3,(H,24,26). The van der Waals surface area contributed by atoms with E-state index in [1.165, 1.54) is 0 Å². The van der Waals surface area contributed by atoms with Gasteiger partial charge in [0.1, 0.15) is 0 Å². The molecule has 1 heterocycles. The maximum absolute atomic E-state index is 12.8. The van der Waals surface area contributed by atoms with Crippen LogP contribution in [0.5, 0.6) is 0 Å². The summed E-state index contributed by atoms with van der Waals surface area (Å²) in [6.07, 6.45) is 0. The number of rotatable bonds is 5. The smallest absolute Gasteiger partial charge is 0.254 e. The van der Waals surface area contributed by atoms with Crippen LogP contribution in [0.2, 0.25) is 0 Å². The van der Waals surface area contributed by atoms with Crippen LogP contribution in [0.3, 0.4) is 0 Å². The number of amides is 2. The lowest BCUT2D eigenvalue weighted by Crippen LogP contribution is -2.41. The van der Waals surface area contributed by atoms with Gasteiger partial charge >= 0.3 is 0 Å². The van der Waals surface area contributed by atoms with Crippen LogP contribution in [0.1, 0.15) is 27.0 Å². The molecule has 2 N–H and O–H groups in total. The van der Waals surface area contributed by atoms with E-state index in [4.69, 9.17) is 4.74 Å². The van der Waals surface area contributed by atoms with Gasteiger partial charge in [-0.1, -0.05) is 24.3 Å². The summed E-state index contributed by atoms with van der Waals surface area (Å²) in [5.74, 6) is -0.119. The van der Waals surface area contributed by atoms with E-state index in [-0.39, 0.29) is 18.4 Å². The molecule has 1 fully saturated rings. The monoisotopic (exact) mass is 381 g/mol. The second-order valence-corrected chi connectivity index (χ2v) is 7.05. The molecule has 0 unspecified atom stereocenters. The van der Waals surface area contributed by atoms with Crippen molar-refractivity contribution in [3.63, 3.8) is 0 Å². The number of anilines is 2. The van der Waals surface area contributed by atoms with Crippen molar-refractivity contribution in [2.24, 2.45) is 0 Å². The van der Waals surface area contributed by atoms with Crippen LogP contribution in [0.25, 0.3) is 0 Å². The molecule has 2 amide bonds. The molecule has 148 valence electrons. The number of para-hydroxylation sites is 1. The third kappa shape index (κ3) is 4.51. The summed E-state index contributed by atoms with van der Waals surface area (Å²) < 4.78 is 5.32. The summed E-state index contributed by atoms with van der Waals surface area (Å²) in [5.41, 5.74) is 5.20. The van der Waals surface area contributed by atoms with Crippen molar-refractivity contribution in [3.05, 3.63) is 58.7 Å². The number of hydrogen-bond acceptors (Lipinski definition) is 4. The van der Waals surface area contributed by atoms with Gasteiger partial charge in [0, 0.05) is 30.0 Å². The SMILES string of the molecule is Cc1cccc(C)c1NC(=O)CNc1cccc(C(=O)N2CCOCC2)c1C. The first kappa shape index (κ1) is 19.9. The zero-order valence-corrected chi connectivity index (χ0v) is 16.7. The van der Waals surface area contributed by atoms with Crippen LogP contribution in [-0.4, -0.2) is 49.6 Å². The van der Waals surface area contributed by atoms with E-state index in [1.54, 1.807) is 0 Å². The van der Waals surface area contributed by atoms with Crippen molar-refractivity contribution in [2.45, 2.75) is 20.8 Å². The second-order valence-electron chi connectivity index (χ2n) is 7.05. The quantitative estimate of drug-likeness (QED) is 0.835. The van der Waals surface area contributed by atoms with E-state index >= 15 is 0 Å². The molecule has 0 atom stereocenters. The Labute approximate surface area is 165 Å². The maximum Gasteiger partial charge on any atom is 0.254 e. The number of benzene rings is 2. The van der Waals surface area contributed by atoms with E-state index in [2.05, 4.69) is 10.6 Å². The number of morpholine rings is 1. The summed E-state index contributed by atoms with van der Waals surface area (Å²) in [6, 6.07) is 11.5. The Morgan fingerprint density at radius 2 is 1.64 bits per heavy atom. The molecule has 1 aliphatic heterocycles. The molecule has 0 aliphatic carbocycles. The Balaban J connectivity index is 1.66. The molecule has 6 heteroatoms. The summed E-state index contributed by atoms with van der Waals surface area (Å²) in [7, 11) is 0. The van der Waals surface area contributed by atoms with Gasteiger partial charge in [-0.15, -0.1) is 0 Å². The molecule has 3 rings (SSSR count). The molecule has 6 nitrogen and oxygen atoms in total. The van der Waals surface area contributed by atoms with Crippen molar-refractivity contribution in [1.82, 2.24) is 4.90 Å². The molecule has 2 aromatic carbocycles. The highest BCUT2D eigenvalue weighted by atomic mass is 16.5. The first-order valence-electron chi connectivity index (χ1n) is 9.54.